The van der Waals surface area contributed by atoms with Gasteiger partial charge in [0.15, 0.2) is 5.15 Å². The molecule has 10 heteroatoms. The van der Waals surface area contributed by atoms with E-state index in [1.54, 1.807) is 23.3 Å². The molecule has 0 bridgehead atoms. The number of alkyl halides is 3. The van der Waals surface area contributed by atoms with Crippen LogP contribution in [0.4, 0.5) is 13.2 Å². The van der Waals surface area contributed by atoms with E-state index in [2.05, 4.69) is 9.36 Å². The molecule has 0 spiro atoms. The fraction of sp³-hybridized carbons (Fsp3) is 0.250. The third-order valence-corrected chi connectivity index (χ3v) is 5.48. The first kappa shape index (κ1) is 19.2. The van der Waals surface area contributed by atoms with Crippen LogP contribution < -0.4 is 0 Å². The summed E-state index contributed by atoms with van der Waals surface area (Å²) >= 11 is 13.2. The standard InChI is InChI=1S/C16H12Cl2F3N3OS/c17-13-14(26-23-15(13)18)12(7-24-6-5-22-9-24)25-8-10-1-3-11(4-2-10)16(19,20)21/h1-6,9,12H,7-8H2/t12-/m0/s1. The normalized spacial score (nSPS) is 13.1. The van der Waals surface area contributed by atoms with Gasteiger partial charge in [-0.1, -0.05) is 35.3 Å². The predicted octanol–water partition coefficient (Wildman–Crippen LogP) is 5.62. The second-order valence-corrected chi connectivity index (χ2v) is 6.95. The molecule has 0 radical (unpaired) electrons. The summed E-state index contributed by atoms with van der Waals surface area (Å²) < 4.78 is 49.6. The van der Waals surface area contributed by atoms with Crippen LogP contribution in [0.1, 0.15) is 22.1 Å². The number of nitrogens with zero attached hydrogens (tertiary/aromatic N) is 3. The lowest BCUT2D eigenvalue weighted by Crippen LogP contribution is -2.11. The van der Waals surface area contributed by atoms with Crippen LogP contribution in [0.15, 0.2) is 43.0 Å². The minimum atomic E-state index is -4.36. The molecular weight excluding hydrogens is 410 g/mol. The van der Waals surface area contributed by atoms with E-state index in [4.69, 9.17) is 27.9 Å². The zero-order chi connectivity index (χ0) is 18.7. The third kappa shape index (κ3) is 4.56. The molecule has 2 aromatic heterocycles. The molecule has 138 valence electrons. The molecule has 3 rings (SSSR count). The Morgan fingerprint density at radius 1 is 1.19 bits per heavy atom. The highest BCUT2D eigenvalue weighted by molar-refractivity contribution is 7.07. The lowest BCUT2D eigenvalue weighted by Gasteiger charge is -2.18. The van der Waals surface area contributed by atoms with E-state index in [1.165, 1.54) is 12.1 Å². The molecule has 1 atom stereocenters. The Labute approximate surface area is 161 Å². The Bertz CT molecular complexity index is 851. The highest BCUT2D eigenvalue weighted by atomic mass is 35.5. The van der Waals surface area contributed by atoms with Crippen molar-refractivity contribution in [1.82, 2.24) is 13.9 Å². The maximum absolute atomic E-state index is 12.6. The summed E-state index contributed by atoms with van der Waals surface area (Å²) in [6, 6.07) is 4.83. The number of ether oxygens (including phenoxy) is 1. The minimum absolute atomic E-state index is 0.114. The average Bonchev–Trinajstić information content (AvgIpc) is 3.22. The van der Waals surface area contributed by atoms with E-state index < -0.39 is 17.8 Å². The van der Waals surface area contributed by atoms with Gasteiger partial charge in [-0.25, -0.2) is 4.98 Å². The van der Waals surface area contributed by atoms with Gasteiger partial charge in [-0.3, -0.25) is 0 Å². The van der Waals surface area contributed by atoms with Gasteiger partial charge in [0, 0.05) is 12.4 Å². The molecule has 0 fully saturated rings. The lowest BCUT2D eigenvalue weighted by molar-refractivity contribution is -0.137. The predicted molar refractivity (Wildman–Crippen MR) is 93.3 cm³/mol. The lowest BCUT2D eigenvalue weighted by atomic mass is 10.1. The Morgan fingerprint density at radius 3 is 2.46 bits per heavy atom. The topological polar surface area (TPSA) is 39.9 Å². The molecule has 0 aliphatic rings. The maximum Gasteiger partial charge on any atom is 0.416 e. The van der Waals surface area contributed by atoms with E-state index in [0.717, 1.165) is 23.7 Å². The van der Waals surface area contributed by atoms with Crippen molar-refractivity contribution < 1.29 is 17.9 Å². The van der Waals surface area contributed by atoms with Crippen LogP contribution in [0.3, 0.4) is 0 Å². The molecule has 0 amide bonds. The first-order valence-electron chi connectivity index (χ1n) is 7.38. The molecule has 0 unspecified atom stereocenters. The first-order chi connectivity index (χ1) is 12.3. The number of hydrogen-bond acceptors (Lipinski definition) is 4. The first-order valence-corrected chi connectivity index (χ1v) is 8.91. The summed E-state index contributed by atoms with van der Waals surface area (Å²) in [4.78, 5) is 4.63. The number of aromatic nitrogens is 3. The SMILES string of the molecule is FC(F)(F)c1ccc(CO[C@@H](Cn2ccnc2)c2snc(Cl)c2Cl)cc1. The van der Waals surface area contributed by atoms with Crippen LogP contribution in [0.25, 0.3) is 0 Å². The maximum atomic E-state index is 12.6. The summed E-state index contributed by atoms with van der Waals surface area (Å²) in [7, 11) is 0. The van der Waals surface area contributed by atoms with E-state index in [0.29, 0.717) is 22.0 Å². The van der Waals surface area contributed by atoms with Gasteiger partial charge in [0.05, 0.1) is 34.9 Å². The van der Waals surface area contributed by atoms with Crippen molar-refractivity contribution in [1.29, 1.82) is 0 Å². The van der Waals surface area contributed by atoms with Gasteiger partial charge in [0.25, 0.3) is 0 Å². The van der Waals surface area contributed by atoms with Crippen molar-refractivity contribution in [3.05, 3.63) is 69.2 Å². The van der Waals surface area contributed by atoms with Gasteiger partial charge in [-0.05, 0) is 29.2 Å². The zero-order valence-corrected chi connectivity index (χ0v) is 15.4. The van der Waals surface area contributed by atoms with Crippen molar-refractivity contribution in [3.63, 3.8) is 0 Å². The number of halogens is 5. The van der Waals surface area contributed by atoms with Gasteiger partial charge in [-0.2, -0.15) is 17.5 Å². The molecule has 4 nitrogen and oxygen atoms in total. The third-order valence-electron chi connectivity index (χ3n) is 3.58. The molecule has 0 N–H and O–H groups in total. The van der Waals surface area contributed by atoms with Crippen molar-refractivity contribution in [3.8, 4) is 0 Å². The summed E-state index contributed by atoms with van der Waals surface area (Å²) in [5, 5.41) is 0.509. The molecule has 0 saturated carbocycles. The number of imidazole rings is 1. The highest BCUT2D eigenvalue weighted by Gasteiger charge is 2.30. The van der Waals surface area contributed by atoms with Crippen LogP contribution in [0, 0.1) is 0 Å². The average molecular weight is 422 g/mol. The molecule has 0 aliphatic heterocycles. The van der Waals surface area contributed by atoms with Gasteiger partial charge in [0.1, 0.15) is 6.10 Å². The second kappa shape index (κ2) is 7.96. The Balaban J connectivity index is 1.74. The molecule has 0 aliphatic carbocycles. The number of benzene rings is 1. The smallest absolute Gasteiger partial charge is 0.366 e. The van der Waals surface area contributed by atoms with Gasteiger partial charge in [0.2, 0.25) is 0 Å². The van der Waals surface area contributed by atoms with Crippen LogP contribution in [-0.2, 0) is 24.1 Å². The van der Waals surface area contributed by atoms with Crippen molar-refractivity contribution in [2.75, 3.05) is 0 Å². The summed E-state index contributed by atoms with van der Waals surface area (Å²) in [5.41, 5.74) is -0.0890. The van der Waals surface area contributed by atoms with Crippen molar-refractivity contribution in [2.24, 2.45) is 0 Å². The van der Waals surface area contributed by atoms with Crippen LogP contribution >= 0.6 is 34.7 Å². The van der Waals surface area contributed by atoms with E-state index >= 15 is 0 Å². The largest absolute Gasteiger partial charge is 0.416 e. The number of hydrogen-bond donors (Lipinski definition) is 0. The summed E-state index contributed by atoms with van der Waals surface area (Å²) in [5.74, 6) is 0. The van der Waals surface area contributed by atoms with Gasteiger partial charge in [-0.15, -0.1) is 0 Å². The zero-order valence-electron chi connectivity index (χ0n) is 13.1. The molecule has 2 heterocycles. The fourth-order valence-electron chi connectivity index (χ4n) is 2.26. The Kier molecular flexibility index (Phi) is 5.86. The van der Waals surface area contributed by atoms with Crippen molar-refractivity contribution in [2.45, 2.75) is 25.4 Å². The van der Waals surface area contributed by atoms with Crippen LogP contribution in [-0.4, -0.2) is 13.9 Å². The molecule has 1 aromatic carbocycles. The van der Waals surface area contributed by atoms with Crippen molar-refractivity contribution >= 4 is 34.7 Å². The van der Waals surface area contributed by atoms with Crippen LogP contribution in [0.5, 0.6) is 0 Å². The second-order valence-electron chi connectivity index (χ2n) is 5.41. The minimum Gasteiger partial charge on any atom is -0.366 e. The summed E-state index contributed by atoms with van der Waals surface area (Å²) in [6.45, 7) is 0.530. The molecule has 26 heavy (non-hydrogen) atoms. The van der Waals surface area contributed by atoms with Gasteiger partial charge < -0.3 is 9.30 Å². The Hall–Kier alpha value is -1.61. The van der Waals surface area contributed by atoms with E-state index in [9.17, 15) is 13.2 Å². The monoisotopic (exact) mass is 421 g/mol. The van der Waals surface area contributed by atoms with E-state index in [-0.39, 0.29) is 11.8 Å². The fourth-order valence-corrected chi connectivity index (χ4v) is 3.54. The van der Waals surface area contributed by atoms with Crippen LogP contribution in [0.2, 0.25) is 10.2 Å². The molecular formula is C16H12Cl2F3N3OS. The molecule has 3 aromatic rings. The van der Waals surface area contributed by atoms with E-state index in [1.807, 2.05) is 0 Å². The number of rotatable bonds is 6. The van der Waals surface area contributed by atoms with Gasteiger partial charge >= 0.3 is 6.18 Å². The highest BCUT2D eigenvalue weighted by Crippen LogP contribution is 2.36. The molecule has 0 saturated heterocycles. The Morgan fingerprint density at radius 2 is 1.92 bits per heavy atom. The summed E-state index contributed by atoms with van der Waals surface area (Å²) in [6.07, 6.45) is 0.199. The quantitative estimate of drug-likeness (QED) is 0.518.